The lowest BCUT2D eigenvalue weighted by Gasteiger charge is -2.25. The molecule has 4 unspecified atom stereocenters. The first-order valence-corrected chi connectivity index (χ1v) is 10.8. The van der Waals surface area contributed by atoms with Crippen LogP contribution in [0.4, 0.5) is 0 Å². The van der Waals surface area contributed by atoms with E-state index < -0.39 is 66.8 Å². The molecule has 0 heterocycles. The van der Waals surface area contributed by atoms with E-state index in [0.717, 1.165) is 0 Å². The average Bonchev–Trinajstić information content (AvgIpc) is 2.75. The van der Waals surface area contributed by atoms with Gasteiger partial charge in [-0.05, 0) is 17.9 Å². The summed E-state index contributed by atoms with van der Waals surface area (Å²) < 4.78 is 0. The van der Waals surface area contributed by atoms with Crippen molar-refractivity contribution in [3.63, 3.8) is 0 Å². The Bertz CT molecular complexity index is 862. The second kappa shape index (κ2) is 13.9. The van der Waals surface area contributed by atoms with Gasteiger partial charge in [0.25, 0.3) is 0 Å². The molecule has 0 bridgehead atoms. The summed E-state index contributed by atoms with van der Waals surface area (Å²) in [7, 11) is 0. The van der Waals surface area contributed by atoms with Crippen LogP contribution in [-0.4, -0.2) is 70.6 Å². The summed E-state index contributed by atoms with van der Waals surface area (Å²) in [4.78, 5) is 60.2. The van der Waals surface area contributed by atoms with Gasteiger partial charge in [0.1, 0.15) is 18.1 Å². The topological polar surface area (TPSA) is 214 Å². The zero-order chi connectivity index (χ0) is 25.8. The fraction of sp³-hybridized carbons (Fsp3) is 0.500. The molecule has 1 aromatic carbocycles. The van der Waals surface area contributed by atoms with Crippen molar-refractivity contribution < 1.29 is 34.2 Å². The molecule has 0 aliphatic heterocycles. The summed E-state index contributed by atoms with van der Waals surface area (Å²) in [5, 5.41) is 26.2. The molecule has 0 saturated carbocycles. The minimum absolute atomic E-state index is 0.00219. The number of benzene rings is 1. The van der Waals surface area contributed by atoms with Gasteiger partial charge in [0.05, 0.1) is 19.1 Å². The number of nitrogens with one attached hydrogen (secondary N) is 3. The van der Waals surface area contributed by atoms with Gasteiger partial charge >= 0.3 is 5.97 Å². The first-order chi connectivity index (χ1) is 15.9. The number of carbonyl (C=O) groups excluding carboxylic acids is 4. The molecule has 12 heteroatoms. The minimum Gasteiger partial charge on any atom is -0.480 e. The standard InChI is InChI=1S/C22H33N5O7/c1-12(2)8-15(25-19(30)14(23)10-18(24)29)20(31)27-17(11-28)21(32)26-16(22(33)34)9-13-6-4-3-5-7-13/h3-7,12,14-17,28H,8-11,23H2,1-2H3,(H2,24,29)(H,25,30)(H,26,32)(H,27,31)(H,33,34). The number of carboxylic acids is 1. The van der Waals surface area contributed by atoms with Crippen LogP contribution in [0.5, 0.6) is 0 Å². The van der Waals surface area contributed by atoms with Gasteiger partial charge in [-0.1, -0.05) is 44.2 Å². The third-order valence-electron chi connectivity index (χ3n) is 4.81. The molecule has 0 spiro atoms. The van der Waals surface area contributed by atoms with Crippen LogP contribution in [0.2, 0.25) is 0 Å². The third-order valence-corrected chi connectivity index (χ3v) is 4.81. The molecule has 0 aromatic heterocycles. The van der Waals surface area contributed by atoms with Crippen molar-refractivity contribution in [2.45, 2.75) is 57.3 Å². The number of primary amides is 1. The molecule has 1 aromatic rings. The van der Waals surface area contributed by atoms with Crippen LogP contribution in [-0.2, 0) is 30.4 Å². The monoisotopic (exact) mass is 479 g/mol. The Labute approximate surface area is 197 Å². The molecule has 0 aliphatic carbocycles. The predicted octanol–water partition coefficient (Wildman–Crippen LogP) is -1.99. The summed E-state index contributed by atoms with van der Waals surface area (Å²) in [5.41, 5.74) is 11.3. The summed E-state index contributed by atoms with van der Waals surface area (Å²) in [6.07, 6.45) is -0.244. The molecular weight excluding hydrogens is 446 g/mol. The first kappa shape index (κ1) is 28.5. The number of nitrogens with two attached hydrogens (primary N) is 2. The predicted molar refractivity (Wildman–Crippen MR) is 122 cm³/mol. The van der Waals surface area contributed by atoms with Crippen molar-refractivity contribution in [3.05, 3.63) is 35.9 Å². The molecule has 0 radical (unpaired) electrons. The highest BCUT2D eigenvalue weighted by molar-refractivity contribution is 5.95. The molecule has 0 aliphatic rings. The summed E-state index contributed by atoms with van der Waals surface area (Å²) in [5.74, 6) is -4.58. The lowest BCUT2D eigenvalue weighted by molar-refractivity contribution is -0.142. The second-order valence-corrected chi connectivity index (χ2v) is 8.30. The Balaban J connectivity index is 2.87. The lowest BCUT2D eigenvalue weighted by Crippen LogP contribution is -2.58. The molecule has 9 N–H and O–H groups in total. The van der Waals surface area contributed by atoms with Gasteiger partial charge in [0, 0.05) is 6.42 Å². The van der Waals surface area contributed by atoms with Crippen molar-refractivity contribution in [1.82, 2.24) is 16.0 Å². The normalized spacial score (nSPS) is 14.4. The Morgan fingerprint density at radius 2 is 1.41 bits per heavy atom. The maximum absolute atomic E-state index is 12.8. The highest BCUT2D eigenvalue weighted by atomic mass is 16.4. The highest BCUT2D eigenvalue weighted by Gasteiger charge is 2.30. The van der Waals surface area contributed by atoms with Crippen LogP contribution < -0.4 is 27.4 Å². The molecule has 4 atom stereocenters. The number of hydrogen-bond donors (Lipinski definition) is 7. The largest absolute Gasteiger partial charge is 0.480 e. The van der Waals surface area contributed by atoms with E-state index in [0.29, 0.717) is 5.56 Å². The molecule has 4 amide bonds. The Morgan fingerprint density at radius 3 is 1.91 bits per heavy atom. The highest BCUT2D eigenvalue weighted by Crippen LogP contribution is 2.07. The summed E-state index contributed by atoms with van der Waals surface area (Å²) in [6.45, 7) is 2.79. The van der Waals surface area contributed by atoms with Gasteiger partial charge in [-0.3, -0.25) is 19.2 Å². The number of aliphatic hydroxyl groups excluding tert-OH is 1. The fourth-order valence-corrected chi connectivity index (χ4v) is 3.08. The van der Waals surface area contributed by atoms with E-state index in [2.05, 4.69) is 16.0 Å². The van der Waals surface area contributed by atoms with Crippen molar-refractivity contribution >= 4 is 29.6 Å². The van der Waals surface area contributed by atoms with Gasteiger partial charge in [-0.15, -0.1) is 0 Å². The van der Waals surface area contributed by atoms with Crippen LogP contribution in [0.15, 0.2) is 30.3 Å². The van der Waals surface area contributed by atoms with Crippen molar-refractivity contribution in [3.8, 4) is 0 Å². The molecule has 0 fully saturated rings. The van der Waals surface area contributed by atoms with Crippen LogP contribution in [0, 0.1) is 5.92 Å². The van der Waals surface area contributed by atoms with E-state index in [1.54, 1.807) is 44.2 Å². The number of aliphatic carboxylic acids is 1. The quantitative estimate of drug-likeness (QED) is 0.158. The smallest absolute Gasteiger partial charge is 0.326 e. The van der Waals surface area contributed by atoms with Gasteiger partial charge < -0.3 is 37.6 Å². The molecule has 12 nitrogen and oxygen atoms in total. The van der Waals surface area contributed by atoms with E-state index in [1.165, 1.54) is 0 Å². The zero-order valence-electron chi connectivity index (χ0n) is 19.2. The molecule has 0 saturated heterocycles. The molecular formula is C22H33N5O7. The molecule has 1 rings (SSSR count). The van der Waals surface area contributed by atoms with Crippen LogP contribution in [0.1, 0.15) is 32.3 Å². The van der Waals surface area contributed by atoms with Gasteiger partial charge in [-0.25, -0.2) is 4.79 Å². The Kier molecular flexibility index (Phi) is 11.7. The third kappa shape index (κ3) is 9.96. The fourth-order valence-electron chi connectivity index (χ4n) is 3.08. The van der Waals surface area contributed by atoms with Crippen molar-refractivity contribution in [1.29, 1.82) is 0 Å². The average molecular weight is 480 g/mol. The van der Waals surface area contributed by atoms with Crippen molar-refractivity contribution in [2.24, 2.45) is 17.4 Å². The minimum atomic E-state index is -1.46. The van der Waals surface area contributed by atoms with Gasteiger partial charge in [0.2, 0.25) is 23.6 Å². The summed E-state index contributed by atoms with van der Waals surface area (Å²) in [6, 6.07) is 3.50. The van der Waals surface area contributed by atoms with Crippen molar-refractivity contribution in [2.75, 3.05) is 6.61 Å². The zero-order valence-corrected chi connectivity index (χ0v) is 19.2. The lowest BCUT2D eigenvalue weighted by atomic mass is 10.0. The van der Waals surface area contributed by atoms with E-state index in [9.17, 15) is 34.2 Å². The van der Waals surface area contributed by atoms with Crippen LogP contribution >= 0.6 is 0 Å². The Hall–Kier alpha value is -3.51. The number of rotatable bonds is 14. The summed E-state index contributed by atoms with van der Waals surface area (Å²) >= 11 is 0. The van der Waals surface area contributed by atoms with E-state index in [1.807, 2.05) is 0 Å². The molecule has 188 valence electrons. The maximum Gasteiger partial charge on any atom is 0.326 e. The van der Waals surface area contributed by atoms with Gasteiger partial charge in [-0.2, -0.15) is 0 Å². The second-order valence-electron chi connectivity index (χ2n) is 8.30. The van der Waals surface area contributed by atoms with E-state index in [4.69, 9.17) is 11.5 Å². The van der Waals surface area contributed by atoms with Gasteiger partial charge in [0.15, 0.2) is 0 Å². The maximum atomic E-state index is 12.8. The van der Waals surface area contributed by atoms with E-state index in [-0.39, 0.29) is 18.8 Å². The van der Waals surface area contributed by atoms with Crippen LogP contribution in [0.3, 0.4) is 0 Å². The van der Waals surface area contributed by atoms with E-state index >= 15 is 0 Å². The first-order valence-electron chi connectivity index (χ1n) is 10.8. The number of amides is 4. The number of carbonyl (C=O) groups is 5. The number of hydrogen-bond acceptors (Lipinski definition) is 7. The number of aliphatic hydroxyl groups is 1. The number of carboxylic acid groups (broad SMARTS) is 1. The Morgan fingerprint density at radius 1 is 0.882 bits per heavy atom. The molecule has 34 heavy (non-hydrogen) atoms. The SMILES string of the molecule is CC(C)CC(NC(=O)C(N)CC(N)=O)C(=O)NC(CO)C(=O)NC(Cc1ccccc1)C(=O)O. The van der Waals surface area contributed by atoms with Crippen LogP contribution in [0.25, 0.3) is 0 Å².